The van der Waals surface area contributed by atoms with Crippen molar-refractivity contribution in [2.45, 2.75) is 13.8 Å². The molecule has 3 rings (SSSR count). The summed E-state index contributed by atoms with van der Waals surface area (Å²) >= 11 is 5.94. The van der Waals surface area contributed by atoms with Crippen molar-refractivity contribution in [2.75, 3.05) is 10.6 Å². The van der Waals surface area contributed by atoms with Crippen LogP contribution in [0.4, 0.5) is 17.3 Å². The molecule has 1 amide bonds. The quantitative estimate of drug-likeness (QED) is 0.630. The molecule has 1 heterocycles. The van der Waals surface area contributed by atoms with Gasteiger partial charge < -0.3 is 10.6 Å². The number of ketones is 1. The van der Waals surface area contributed by atoms with Crippen LogP contribution in [0.5, 0.6) is 0 Å². The highest BCUT2D eigenvalue weighted by atomic mass is 35.5. The third-order valence-corrected chi connectivity index (χ3v) is 3.95. The minimum absolute atomic E-state index is 0.00618. The number of carbonyl (C=O) groups excluding carboxylic acids is 2. The van der Waals surface area contributed by atoms with Crippen LogP contribution in [0.3, 0.4) is 0 Å². The number of halogens is 1. The third kappa shape index (κ3) is 4.89. The molecule has 136 valence electrons. The molecule has 0 fully saturated rings. The van der Waals surface area contributed by atoms with E-state index >= 15 is 0 Å². The molecule has 0 bridgehead atoms. The molecule has 7 heteroatoms. The van der Waals surface area contributed by atoms with E-state index in [1.807, 2.05) is 0 Å². The molecular formula is C20H17ClN4O2. The van der Waals surface area contributed by atoms with Crippen molar-refractivity contribution in [1.82, 2.24) is 9.97 Å². The SMILES string of the molecule is CC(=O)c1ccc(Nc2nc(C)cc(C(=O)Nc3cccc(Cl)c3)n2)cc1. The zero-order valence-electron chi connectivity index (χ0n) is 14.8. The van der Waals surface area contributed by atoms with E-state index in [1.54, 1.807) is 61.5 Å². The molecule has 0 radical (unpaired) electrons. The maximum absolute atomic E-state index is 12.5. The maximum Gasteiger partial charge on any atom is 0.274 e. The number of aromatic nitrogens is 2. The van der Waals surface area contributed by atoms with Crippen molar-refractivity contribution in [2.24, 2.45) is 0 Å². The van der Waals surface area contributed by atoms with Crippen molar-refractivity contribution in [3.05, 3.63) is 76.6 Å². The molecule has 0 aliphatic rings. The Morgan fingerprint density at radius 1 is 0.963 bits per heavy atom. The van der Waals surface area contributed by atoms with Crippen LogP contribution < -0.4 is 10.6 Å². The summed E-state index contributed by atoms with van der Waals surface area (Å²) in [6.07, 6.45) is 0. The van der Waals surface area contributed by atoms with Gasteiger partial charge in [-0.05, 0) is 62.4 Å². The lowest BCUT2D eigenvalue weighted by atomic mass is 10.1. The first-order valence-corrected chi connectivity index (χ1v) is 8.59. The van der Waals surface area contributed by atoms with Gasteiger partial charge in [-0.25, -0.2) is 9.97 Å². The summed E-state index contributed by atoms with van der Waals surface area (Å²) in [5.41, 5.74) is 2.78. The van der Waals surface area contributed by atoms with Gasteiger partial charge in [0.1, 0.15) is 5.69 Å². The first-order chi connectivity index (χ1) is 12.9. The Morgan fingerprint density at radius 2 is 1.70 bits per heavy atom. The first kappa shape index (κ1) is 18.5. The first-order valence-electron chi connectivity index (χ1n) is 8.21. The number of nitrogens with one attached hydrogen (secondary N) is 2. The number of Topliss-reactive ketones (excluding diaryl/α,β-unsaturated/α-hetero) is 1. The summed E-state index contributed by atoms with van der Waals surface area (Å²) in [6, 6.07) is 15.4. The number of hydrogen-bond donors (Lipinski definition) is 2. The molecule has 0 atom stereocenters. The number of aryl methyl sites for hydroxylation is 1. The minimum Gasteiger partial charge on any atom is -0.324 e. The Kier molecular flexibility index (Phi) is 5.47. The van der Waals surface area contributed by atoms with Crippen LogP contribution in [0.2, 0.25) is 5.02 Å². The van der Waals surface area contributed by atoms with Crippen molar-refractivity contribution in [3.8, 4) is 0 Å². The summed E-state index contributed by atoms with van der Waals surface area (Å²) in [6.45, 7) is 3.29. The lowest BCUT2D eigenvalue weighted by Crippen LogP contribution is -2.15. The van der Waals surface area contributed by atoms with Crippen LogP contribution in [0.25, 0.3) is 0 Å². The van der Waals surface area contributed by atoms with E-state index in [4.69, 9.17) is 11.6 Å². The summed E-state index contributed by atoms with van der Waals surface area (Å²) < 4.78 is 0. The second-order valence-electron chi connectivity index (χ2n) is 5.94. The third-order valence-electron chi connectivity index (χ3n) is 3.72. The number of benzene rings is 2. The molecular weight excluding hydrogens is 364 g/mol. The number of nitrogens with zero attached hydrogens (tertiary/aromatic N) is 2. The Labute approximate surface area is 161 Å². The van der Waals surface area contributed by atoms with E-state index in [0.29, 0.717) is 33.6 Å². The molecule has 0 aliphatic heterocycles. The van der Waals surface area contributed by atoms with Gasteiger partial charge in [-0.3, -0.25) is 9.59 Å². The molecule has 0 saturated carbocycles. The van der Waals surface area contributed by atoms with Gasteiger partial charge in [-0.1, -0.05) is 17.7 Å². The van der Waals surface area contributed by atoms with Crippen LogP contribution in [0.15, 0.2) is 54.6 Å². The molecule has 3 aromatic rings. The Bertz CT molecular complexity index is 1000. The average Bonchev–Trinajstić information content (AvgIpc) is 2.61. The number of hydrogen-bond acceptors (Lipinski definition) is 5. The van der Waals surface area contributed by atoms with Crippen molar-refractivity contribution >= 4 is 40.6 Å². The topological polar surface area (TPSA) is 84.0 Å². The van der Waals surface area contributed by atoms with Gasteiger partial charge in [-0.15, -0.1) is 0 Å². The summed E-state index contributed by atoms with van der Waals surface area (Å²) in [5.74, 6) is -0.0760. The molecule has 2 N–H and O–H groups in total. The Morgan fingerprint density at radius 3 is 2.37 bits per heavy atom. The largest absolute Gasteiger partial charge is 0.324 e. The predicted molar refractivity (Wildman–Crippen MR) is 106 cm³/mol. The van der Waals surface area contributed by atoms with Crippen LogP contribution in [-0.2, 0) is 0 Å². The molecule has 0 aliphatic carbocycles. The number of amides is 1. The van der Waals surface area contributed by atoms with E-state index in [-0.39, 0.29) is 17.4 Å². The van der Waals surface area contributed by atoms with Gasteiger partial charge in [0.15, 0.2) is 5.78 Å². The second-order valence-corrected chi connectivity index (χ2v) is 6.38. The zero-order chi connectivity index (χ0) is 19.4. The second kappa shape index (κ2) is 7.97. The van der Waals surface area contributed by atoms with Crippen LogP contribution >= 0.6 is 11.6 Å². The molecule has 27 heavy (non-hydrogen) atoms. The number of rotatable bonds is 5. The van der Waals surface area contributed by atoms with Gasteiger partial charge >= 0.3 is 0 Å². The maximum atomic E-state index is 12.5. The van der Waals surface area contributed by atoms with Crippen LogP contribution in [-0.4, -0.2) is 21.7 Å². The van der Waals surface area contributed by atoms with E-state index < -0.39 is 0 Å². The molecule has 2 aromatic carbocycles. The van der Waals surface area contributed by atoms with Crippen LogP contribution in [0, 0.1) is 6.92 Å². The molecule has 0 saturated heterocycles. The van der Waals surface area contributed by atoms with Crippen molar-refractivity contribution in [3.63, 3.8) is 0 Å². The molecule has 1 aromatic heterocycles. The van der Waals surface area contributed by atoms with Gasteiger partial charge in [0, 0.05) is 27.7 Å². The van der Waals surface area contributed by atoms with E-state index in [1.165, 1.54) is 6.92 Å². The van der Waals surface area contributed by atoms with Crippen molar-refractivity contribution in [1.29, 1.82) is 0 Å². The number of anilines is 3. The average molecular weight is 381 g/mol. The van der Waals surface area contributed by atoms with Gasteiger partial charge in [0.2, 0.25) is 5.95 Å². The summed E-state index contributed by atoms with van der Waals surface area (Å²) in [4.78, 5) is 32.4. The van der Waals surface area contributed by atoms with E-state index in [2.05, 4.69) is 20.6 Å². The molecule has 6 nitrogen and oxygen atoms in total. The smallest absolute Gasteiger partial charge is 0.274 e. The Hall–Kier alpha value is -3.25. The highest BCUT2D eigenvalue weighted by molar-refractivity contribution is 6.30. The van der Waals surface area contributed by atoms with E-state index in [9.17, 15) is 9.59 Å². The zero-order valence-corrected chi connectivity index (χ0v) is 15.5. The number of carbonyl (C=O) groups is 2. The Balaban J connectivity index is 1.79. The summed E-state index contributed by atoms with van der Waals surface area (Å²) in [7, 11) is 0. The molecule has 0 spiro atoms. The fourth-order valence-electron chi connectivity index (χ4n) is 2.42. The normalized spacial score (nSPS) is 10.3. The fraction of sp³-hybridized carbons (Fsp3) is 0.100. The lowest BCUT2D eigenvalue weighted by molar-refractivity contribution is 0.101. The monoisotopic (exact) mass is 380 g/mol. The van der Waals surface area contributed by atoms with Crippen LogP contribution in [0.1, 0.15) is 33.5 Å². The van der Waals surface area contributed by atoms with E-state index in [0.717, 1.165) is 0 Å². The molecule has 0 unspecified atom stereocenters. The minimum atomic E-state index is -0.363. The predicted octanol–water partition coefficient (Wildman–Crippen LogP) is 4.64. The highest BCUT2D eigenvalue weighted by Crippen LogP contribution is 2.18. The van der Waals surface area contributed by atoms with Gasteiger partial charge in [0.25, 0.3) is 5.91 Å². The summed E-state index contributed by atoms with van der Waals surface area (Å²) in [5, 5.41) is 6.33. The highest BCUT2D eigenvalue weighted by Gasteiger charge is 2.12. The van der Waals surface area contributed by atoms with Gasteiger partial charge in [-0.2, -0.15) is 0 Å². The fourth-order valence-corrected chi connectivity index (χ4v) is 2.61. The van der Waals surface area contributed by atoms with Crippen molar-refractivity contribution < 1.29 is 9.59 Å². The lowest BCUT2D eigenvalue weighted by Gasteiger charge is -2.09. The van der Waals surface area contributed by atoms with Gasteiger partial charge in [0.05, 0.1) is 0 Å². The standard InChI is InChI=1S/C20H17ClN4O2/c1-12-10-18(19(27)23-17-5-3-4-15(21)11-17)25-20(22-12)24-16-8-6-14(7-9-16)13(2)26/h3-11H,1-2H3,(H,23,27)(H,22,24,25).